The molecule has 2 saturated heterocycles. The topological polar surface area (TPSA) is 70.7 Å². The molecule has 1 aromatic rings. The second-order valence-corrected chi connectivity index (χ2v) is 7.43. The Hall–Kier alpha value is -2.08. The zero-order valence-corrected chi connectivity index (χ0v) is 14.5. The number of morpholine rings is 1. The summed E-state index contributed by atoms with van der Waals surface area (Å²) < 4.78 is 5.94. The fourth-order valence-corrected chi connectivity index (χ4v) is 3.87. The highest BCUT2D eigenvalue weighted by Crippen LogP contribution is 2.33. The zero-order valence-electron chi connectivity index (χ0n) is 14.5. The van der Waals surface area contributed by atoms with Crippen molar-refractivity contribution in [3.63, 3.8) is 0 Å². The number of ether oxygens (including phenoxy) is 1. The minimum atomic E-state index is -0.193. The number of aryl methyl sites for hydroxylation is 1. The molecule has 0 radical (unpaired) electrons. The maximum atomic E-state index is 12.6. The lowest BCUT2D eigenvalue weighted by atomic mass is 9.91. The van der Waals surface area contributed by atoms with Crippen LogP contribution in [0.15, 0.2) is 24.3 Å². The molecule has 2 aliphatic heterocycles. The number of hydrogen-bond donors (Lipinski definition) is 2. The average molecular weight is 343 g/mol. The molecule has 2 heterocycles. The molecule has 1 aliphatic carbocycles. The fraction of sp³-hybridized carbons (Fsp3) is 0.579. The van der Waals surface area contributed by atoms with Gasteiger partial charge in [-0.15, -0.1) is 0 Å². The summed E-state index contributed by atoms with van der Waals surface area (Å²) in [6, 6.07) is 7.95. The second-order valence-electron chi connectivity index (χ2n) is 7.43. The van der Waals surface area contributed by atoms with Gasteiger partial charge in [0.25, 0.3) is 0 Å². The Labute approximate surface area is 147 Å². The average Bonchev–Trinajstić information content (AvgIpc) is 2.87. The maximum Gasteiger partial charge on any atom is 0.322 e. The quantitative estimate of drug-likeness (QED) is 0.884. The summed E-state index contributed by atoms with van der Waals surface area (Å²) in [6.45, 7) is 2.98. The van der Waals surface area contributed by atoms with Crippen molar-refractivity contribution in [3.8, 4) is 0 Å². The van der Waals surface area contributed by atoms with Gasteiger partial charge in [0.05, 0.1) is 18.1 Å². The Morgan fingerprint density at radius 2 is 2.00 bits per heavy atom. The number of urea groups is 1. The summed E-state index contributed by atoms with van der Waals surface area (Å²) >= 11 is 0. The number of carbonyl (C=O) groups is 2. The van der Waals surface area contributed by atoms with Gasteiger partial charge in [0, 0.05) is 24.8 Å². The molecular weight excluding hydrogens is 318 g/mol. The van der Waals surface area contributed by atoms with Crippen molar-refractivity contribution in [1.82, 2.24) is 10.2 Å². The van der Waals surface area contributed by atoms with Crippen LogP contribution in [0.4, 0.5) is 10.5 Å². The normalized spacial score (nSPS) is 28.4. The van der Waals surface area contributed by atoms with E-state index in [1.54, 1.807) is 4.90 Å². The maximum absolute atomic E-state index is 12.6. The van der Waals surface area contributed by atoms with Crippen LogP contribution >= 0.6 is 0 Å². The number of benzene rings is 1. The molecule has 3 amide bonds. The first-order valence-corrected chi connectivity index (χ1v) is 9.17. The predicted molar refractivity (Wildman–Crippen MR) is 94.3 cm³/mol. The van der Waals surface area contributed by atoms with Gasteiger partial charge < -0.3 is 20.3 Å². The third kappa shape index (κ3) is 3.35. The van der Waals surface area contributed by atoms with E-state index in [2.05, 4.69) is 10.6 Å². The van der Waals surface area contributed by atoms with Gasteiger partial charge in [-0.25, -0.2) is 4.79 Å². The molecule has 1 aromatic carbocycles. The van der Waals surface area contributed by atoms with Crippen molar-refractivity contribution in [2.75, 3.05) is 18.4 Å². The van der Waals surface area contributed by atoms with E-state index in [1.165, 1.54) is 6.42 Å². The van der Waals surface area contributed by atoms with Crippen LogP contribution in [-0.2, 0) is 9.53 Å². The van der Waals surface area contributed by atoms with Crippen LogP contribution in [0.1, 0.15) is 31.2 Å². The summed E-state index contributed by atoms with van der Waals surface area (Å²) in [7, 11) is 0. The molecule has 2 bridgehead atoms. The Morgan fingerprint density at radius 1 is 1.20 bits per heavy atom. The third-order valence-electron chi connectivity index (χ3n) is 5.62. The minimum Gasteiger partial charge on any atom is -0.370 e. The summed E-state index contributed by atoms with van der Waals surface area (Å²) in [5.41, 5.74) is 1.86. The number of para-hydroxylation sites is 1. The smallest absolute Gasteiger partial charge is 0.322 e. The monoisotopic (exact) mass is 343 g/mol. The Kier molecular flexibility index (Phi) is 4.37. The number of amides is 3. The lowest BCUT2D eigenvalue weighted by Gasteiger charge is -2.33. The number of carbonyl (C=O) groups excluding carboxylic acids is 2. The van der Waals surface area contributed by atoms with Crippen LogP contribution in [0, 0.1) is 12.8 Å². The lowest BCUT2D eigenvalue weighted by molar-refractivity contribution is -0.128. The Balaban J connectivity index is 1.37. The molecule has 0 aromatic heterocycles. The van der Waals surface area contributed by atoms with Crippen LogP contribution in [0.25, 0.3) is 0 Å². The highest BCUT2D eigenvalue weighted by atomic mass is 16.5. The summed E-state index contributed by atoms with van der Waals surface area (Å²) in [4.78, 5) is 26.9. The summed E-state index contributed by atoms with van der Waals surface area (Å²) in [5.74, 6) is -0.0415. The van der Waals surface area contributed by atoms with Crippen molar-refractivity contribution < 1.29 is 14.3 Å². The lowest BCUT2D eigenvalue weighted by Crippen LogP contribution is -2.50. The Bertz CT molecular complexity index is 674. The van der Waals surface area contributed by atoms with Crippen molar-refractivity contribution in [1.29, 1.82) is 0 Å². The molecule has 0 unspecified atom stereocenters. The molecule has 0 spiro atoms. The molecule has 4 rings (SSSR count). The van der Waals surface area contributed by atoms with Gasteiger partial charge in [-0.05, 0) is 44.2 Å². The SMILES string of the molecule is Cc1ccccc1NC(=O)N1C[C@H]2C[C@H](C(=O)NC3CCC3)[C@@H](C1)O2. The molecule has 1 saturated carbocycles. The van der Waals surface area contributed by atoms with E-state index in [-0.39, 0.29) is 30.1 Å². The van der Waals surface area contributed by atoms with Crippen LogP contribution < -0.4 is 10.6 Å². The number of anilines is 1. The van der Waals surface area contributed by atoms with E-state index in [0.717, 1.165) is 24.1 Å². The van der Waals surface area contributed by atoms with Crippen LogP contribution in [0.2, 0.25) is 0 Å². The third-order valence-corrected chi connectivity index (χ3v) is 5.62. The van der Waals surface area contributed by atoms with Crippen molar-refractivity contribution in [3.05, 3.63) is 29.8 Å². The molecule has 3 aliphatic rings. The molecule has 134 valence electrons. The van der Waals surface area contributed by atoms with Crippen molar-refractivity contribution in [2.24, 2.45) is 5.92 Å². The number of nitrogens with zero attached hydrogens (tertiary/aromatic N) is 1. The largest absolute Gasteiger partial charge is 0.370 e. The predicted octanol–water partition coefficient (Wildman–Crippen LogP) is 2.28. The Morgan fingerprint density at radius 3 is 2.72 bits per heavy atom. The first-order valence-electron chi connectivity index (χ1n) is 9.17. The first kappa shape index (κ1) is 16.4. The number of likely N-dealkylation sites (tertiary alicyclic amines) is 1. The number of hydrogen-bond acceptors (Lipinski definition) is 3. The van der Waals surface area contributed by atoms with Crippen molar-refractivity contribution in [2.45, 2.75) is 50.9 Å². The van der Waals surface area contributed by atoms with E-state index < -0.39 is 0 Å². The second kappa shape index (κ2) is 6.67. The van der Waals surface area contributed by atoms with Crippen LogP contribution in [0.3, 0.4) is 0 Å². The zero-order chi connectivity index (χ0) is 17.4. The van der Waals surface area contributed by atoms with Crippen molar-refractivity contribution >= 4 is 17.6 Å². The van der Waals surface area contributed by atoms with Gasteiger partial charge in [-0.3, -0.25) is 4.79 Å². The van der Waals surface area contributed by atoms with E-state index in [1.807, 2.05) is 31.2 Å². The molecule has 3 fully saturated rings. The van der Waals surface area contributed by atoms with E-state index >= 15 is 0 Å². The van der Waals surface area contributed by atoms with Gasteiger partial charge in [0.2, 0.25) is 5.91 Å². The van der Waals surface area contributed by atoms with Gasteiger partial charge >= 0.3 is 6.03 Å². The standard InChI is InChI=1S/C19H25N3O3/c1-12-5-2-3-8-16(12)21-19(24)22-10-14-9-15(17(11-22)25-14)18(23)20-13-6-4-7-13/h2-3,5,8,13-15,17H,4,6-7,9-11H2,1H3,(H,20,23)(H,21,24)/t14-,15+,17-/m1/s1. The molecule has 25 heavy (non-hydrogen) atoms. The number of fused-ring (bicyclic) bond motifs is 2. The first-order chi connectivity index (χ1) is 12.1. The van der Waals surface area contributed by atoms with Gasteiger partial charge in [-0.2, -0.15) is 0 Å². The fourth-order valence-electron chi connectivity index (χ4n) is 3.87. The van der Waals surface area contributed by atoms with E-state index in [0.29, 0.717) is 25.6 Å². The number of nitrogens with one attached hydrogen (secondary N) is 2. The van der Waals surface area contributed by atoms with Crippen LogP contribution in [0.5, 0.6) is 0 Å². The molecule has 6 heteroatoms. The highest BCUT2D eigenvalue weighted by molar-refractivity contribution is 5.90. The van der Waals surface area contributed by atoms with Gasteiger partial charge in [-0.1, -0.05) is 18.2 Å². The van der Waals surface area contributed by atoms with Gasteiger partial charge in [0.15, 0.2) is 0 Å². The molecule has 2 N–H and O–H groups in total. The molecule has 3 atom stereocenters. The number of rotatable bonds is 3. The highest BCUT2D eigenvalue weighted by Gasteiger charge is 2.46. The van der Waals surface area contributed by atoms with Gasteiger partial charge in [0.1, 0.15) is 0 Å². The summed E-state index contributed by atoms with van der Waals surface area (Å²) in [5, 5.41) is 6.10. The van der Waals surface area contributed by atoms with Crippen LogP contribution in [-0.4, -0.2) is 48.2 Å². The van der Waals surface area contributed by atoms with E-state index in [9.17, 15) is 9.59 Å². The molecule has 6 nitrogen and oxygen atoms in total. The van der Waals surface area contributed by atoms with E-state index in [4.69, 9.17) is 4.74 Å². The summed E-state index contributed by atoms with van der Waals surface area (Å²) in [6.07, 6.45) is 3.83. The molecular formula is C19H25N3O3. The minimum absolute atomic E-state index is 0.0430.